The fraction of sp³-hybridized carbons (Fsp3) is 0.200. The molecule has 1 N–H and O–H groups in total. The highest BCUT2D eigenvalue weighted by Gasteiger charge is 2.31. The lowest BCUT2D eigenvalue weighted by Gasteiger charge is -2.20. The Kier molecular flexibility index (Phi) is 5.39. The summed E-state index contributed by atoms with van der Waals surface area (Å²) >= 11 is 9.05. The molecule has 1 heterocycles. The summed E-state index contributed by atoms with van der Waals surface area (Å²) < 4.78 is 39.3. The molecule has 0 aliphatic heterocycles. The van der Waals surface area contributed by atoms with E-state index in [0.29, 0.717) is 10.2 Å². The second-order valence-corrected chi connectivity index (χ2v) is 6.34. The van der Waals surface area contributed by atoms with Crippen molar-refractivity contribution in [2.75, 3.05) is 24.3 Å². The number of hydrogen-bond donors (Lipinski definition) is 1. The van der Waals surface area contributed by atoms with Crippen molar-refractivity contribution in [3.8, 4) is 0 Å². The zero-order valence-corrected chi connectivity index (χ0v) is 14.9. The zero-order chi connectivity index (χ0) is 18.1. The fourth-order valence-corrected chi connectivity index (χ4v) is 2.49. The summed E-state index contributed by atoms with van der Waals surface area (Å²) in [6.07, 6.45) is -3.10. The minimum Gasteiger partial charge on any atom is -0.376 e. The third kappa shape index (κ3) is 4.18. The Morgan fingerprint density at radius 1 is 1.29 bits per heavy atom. The smallest absolute Gasteiger partial charge is 0.376 e. The van der Waals surface area contributed by atoms with Gasteiger partial charge in [0, 0.05) is 24.8 Å². The van der Waals surface area contributed by atoms with Gasteiger partial charge in [0.2, 0.25) is 0 Å². The highest BCUT2D eigenvalue weighted by atomic mass is 79.9. The van der Waals surface area contributed by atoms with Gasteiger partial charge in [-0.2, -0.15) is 13.2 Å². The second kappa shape index (κ2) is 6.98. The van der Waals surface area contributed by atoms with Crippen LogP contribution in [0.1, 0.15) is 15.9 Å². The van der Waals surface area contributed by atoms with Crippen LogP contribution in [-0.4, -0.2) is 25.0 Å². The van der Waals surface area contributed by atoms with E-state index >= 15 is 0 Å². The number of anilines is 2. The molecule has 0 fully saturated rings. The van der Waals surface area contributed by atoms with E-state index in [1.54, 1.807) is 19.0 Å². The summed E-state index contributed by atoms with van der Waals surface area (Å²) in [6.45, 7) is 0. The maximum Gasteiger partial charge on any atom is 0.416 e. The number of halogens is 5. The predicted octanol–water partition coefficient (Wildman–Crippen LogP) is 4.83. The van der Waals surface area contributed by atoms with Crippen molar-refractivity contribution < 1.29 is 18.0 Å². The average Bonchev–Trinajstić information content (AvgIpc) is 2.48. The van der Waals surface area contributed by atoms with Gasteiger partial charge < -0.3 is 10.2 Å². The summed E-state index contributed by atoms with van der Waals surface area (Å²) in [7, 11) is 3.32. The van der Waals surface area contributed by atoms with E-state index in [0.717, 1.165) is 12.1 Å². The number of benzene rings is 1. The van der Waals surface area contributed by atoms with Crippen LogP contribution >= 0.6 is 27.5 Å². The number of nitrogens with zero attached hydrogens (tertiary/aromatic N) is 2. The number of pyridine rings is 1. The average molecular weight is 423 g/mol. The summed E-state index contributed by atoms with van der Waals surface area (Å²) in [4.78, 5) is 17.8. The van der Waals surface area contributed by atoms with E-state index in [1.165, 1.54) is 18.3 Å². The SMILES string of the molecule is CN(C)c1ccc(C(F)(F)F)cc1NC(=O)c1cc(Br)cnc1Cl. The van der Waals surface area contributed by atoms with E-state index in [9.17, 15) is 18.0 Å². The van der Waals surface area contributed by atoms with Crippen LogP contribution in [0.5, 0.6) is 0 Å². The summed E-state index contributed by atoms with van der Waals surface area (Å²) in [5.41, 5.74) is -0.360. The standard InChI is InChI=1S/C15H12BrClF3N3O/c1-23(2)12-4-3-8(15(18,19)20)5-11(12)22-14(24)10-6-9(16)7-21-13(10)17/h3-7H,1-2H3,(H,22,24). The van der Waals surface area contributed by atoms with E-state index in [2.05, 4.69) is 26.2 Å². The molecule has 128 valence electrons. The molecule has 9 heteroatoms. The van der Waals surface area contributed by atoms with Crippen molar-refractivity contribution >= 4 is 44.8 Å². The van der Waals surface area contributed by atoms with Gasteiger partial charge in [0.1, 0.15) is 5.15 Å². The van der Waals surface area contributed by atoms with Gasteiger partial charge in [-0.05, 0) is 40.2 Å². The van der Waals surface area contributed by atoms with Gasteiger partial charge in [-0.1, -0.05) is 11.6 Å². The van der Waals surface area contributed by atoms with Crippen LogP contribution in [0.2, 0.25) is 5.15 Å². The number of carbonyl (C=O) groups excluding carboxylic acids is 1. The quantitative estimate of drug-likeness (QED) is 0.720. The molecule has 2 aromatic rings. The van der Waals surface area contributed by atoms with Crippen LogP contribution in [0.4, 0.5) is 24.5 Å². The molecular formula is C15H12BrClF3N3O. The van der Waals surface area contributed by atoms with Gasteiger partial charge in [-0.25, -0.2) is 4.98 Å². The predicted molar refractivity (Wildman–Crippen MR) is 90.7 cm³/mol. The van der Waals surface area contributed by atoms with Gasteiger partial charge in [0.25, 0.3) is 5.91 Å². The van der Waals surface area contributed by atoms with E-state index in [1.807, 2.05) is 0 Å². The van der Waals surface area contributed by atoms with Crippen molar-refractivity contribution in [3.05, 3.63) is 51.2 Å². The monoisotopic (exact) mass is 421 g/mol. The second-order valence-electron chi connectivity index (χ2n) is 5.07. The van der Waals surface area contributed by atoms with Crippen molar-refractivity contribution in [2.45, 2.75) is 6.18 Å². The maximum absolute atomic E-state index is 12.9. The Morgan fingerprint density at radius 3 is 2.54 bits per heavy atom. The Labute approximate surface area is 149 Å². The molecule has 4 nitrogen and oxygen atoms in total. The lowest BCUT2D eigenvalue weighted by molar-refractivity contribution is -0.137. The maximum atomic E-state index is 12.9. The third-order valence-electron chi connectivity index (χ3n) is 3.10. The summed E-state index contributed by atoms with van der Waals surface area (Å²) in [5, 5.41) is 2.42. The minimum atomic E-state index is -4.51. The molecule has 0 saturated carbocycles. The first kappa shape index (κ1) is 18.5. The Balaban J connectivity index is 2.43. The van der Waals surface area contributed by atoms with Gasteiger partial charge in [-0.3, -0.25) is 4.79 Å². The number of hydrogen-bond acceptors (Lipinski definition) is 3. The molecule has 1 aromatic heterocycles. The van der Waals surface area contributed by atoms with Crippen LogP contribution in [0.15, 0.2) is 34.9 Å². The van der Waals surface area contributed by atoms with Crippen LogP contribution in [0.3, 0.4) is 0 Å². The van der Waals surface area contributed by atoms with Crippen molar-refractivity contribution in [3.63, 3.8) is 0 Å². The van der Waals surface area contributed by atoms with E-state index in [4.69, 9.17) is 11.6 Å². The first-order valence-electron chi connectivity index (χ1n) is 6.60. The Morgan fingerprint density at radius 2 is 1.96 bits per heavy atom. The third-order valence-corrected chi connectivity index (χ3v) is 3.84. The first-order valence-corrected chi connectivity index (χ1v) is 7.77. The number of aromatic nitrogens is 1. The lowest BCUT2D eigenvalue weighted by Crippen LogP contribution is -2.18. The van der Waals surface area contributed by atoms with Crippen LogP contribution in [0, 0.1) is 0 Å². The molecule has 24 heavy (non-hydrogen) atoms. The molecule has 0 radical (unpaired) electrons. The van der Waals surface area contributed by atoms with Gasteiger partial charge in [0.15, 0.2) is 0 Å². The topological polar surface area (TPSA) is 45.2 Å². The number of amides is 1. The number of alkyl halides is 3. The molecule has 0 unspecified atom stereocenters. The zero-order valence-electron chi connectivity index (χ0n) is 12.6. The molecule has 0 spiro atoms. The molecular weight excluding hydrogens is 411 g/mol. The molecule has 0 aliphatic carbocycles. The van der Waals surface area contributed by atoms with Crippen molar-refractivity contribution in [1.82, 2.24) is 4.98 Å². The largest absolute Gasteiger partial charge is 0.416 e. The fourth-order valence-electron chi connectivity index (χ4n) is 1.97. The Bertz CT molecular complexity index is 781. The lowest BCUT2D eigenvalue weighted by atomic mass is 10.1. The summed E-state index contributed by atoms with van der Waals surface area (Å²) in [6, 6.07) is 4.57. The highest BCUT2D eigenvalue weighted by molar-refractivity contribution is 9.10. The van der Waals surface area contributed by atoms with Crippen LogP contribution in [-0.2, 0) is 6.18 Å². The normalized spacial score (nSPS) is 11.3. The Hall–Kier alpha value is -1.80. The molecule has 1 amide bonds. The van der Waals surface area contributed by atoms with Crippen molar-refractivity contribution in [1.29, 1.82) is 0 Å². The molecule has 2 rings (SSSR count). The highest BCUT2D eigenvalue weighted by Crippen LogP contribution is 2.35. The molecule has 0 saturated heterocycles. The molecule has 1 aromatic carbocycles. The van der Waals surface area contributed by atoms with Crippen LogP contribution < -0.4 is 10.2 Å². The van der Waals surface area contributed by atoms with Gasteiger partial charge in [-0.15, -0.1) is 0 Å². The van der Waals surface area contributed by atoms with Gasteiger partial charge >= 0.3 is 6.18 Å². The number of rotatable bonds is 3. The summed E-state index contributed by atoms with van der Waals surface area (Å²) in [5.74, 6) is -0.656. The number of carbonyl (C=O) groups is 1. The van der Waals surface area contributed by atoms with E-state index in [-0.39, 0.29) is 16.4 Å². The van der Waals surface area contributed by atoms with Crippen LogP contribution in [0.25, 0.3) is 0 Å². The number of nitrogens with one attached hydrogen (secondary N) is 1. The van der Waals surface area contributed by atoms with Gasteiger partial charge in [0.05, 0.1) is 22.5 Å². The molecule has 0 aliphatic rings. The molecule has 0 bridgehead atoms. The molecule has 0 atom stereocenters. The van der Waals surface area contributed by atoms with Crippen molar-refractivity contribution in [2.24, 2.45) is 0 Å². The minimum absolute atomic E-state index is 0.0240. The van der Waals surface area contributed by atoms with E-state index < -0.39 is 17.6 Å². The first-order chi connectivity index (χ1) is 11.1.